The number of hydrogen-bond donors (Lipinski definition) is 0. The fourth-order valence-corrected chi connectivity index (χ4v) is 1.32. The maximum Gasteiger partial charge on any atom is 0.415 e. The van der Waals surface area contributed by atoms with Gasteiger partial charge in [0.15, 0.2) is 0 Å². The Morgan fingerprint density at radius 3 is 2.67 bits per heavy atom. The van der Waals surface area contributed by atoms with Gasteiger partial charge >= 0.3 is 6.09 Å². The fraction of sp³-hybridized carbons (Fsp3) is 0.400. The highest BCUT2D eigenvalue weighted by molar-refractivity contribution is 5.70. The molecule has 0 N–H and O–H groups in total. The second-order valence-corrected chi connectivity index (χ2v) is 3.15. The molecule has 0 aliphatic carbocycles. The van der Waals surface area contributed by atoms with E-state index in [2.05, 4.69) is 4.98 Å². The van der Waals surface area contributed by atoms with Gasteiger partial charge in [-0.3, -0.25) is 4.98 Å². The van der Waals surface area contributed by atoms with E-state index < -0.39 is 0 Å². The summed E-state index contributed by atoms with van der Waals surface area (Å²) in [6.45, 7) is 2.32. The maximum absolute atomic E-state index is 11.6. The first-order valence-electron chi connectivity index (χ1n) is 4.81. The number of hydrogen-bond acceptors (Lipinski definition) is 4. The average Bonchev–Trinajstić information content (AvgIpc) is 2.31. The molecule has 0 bridgehead atoms. The maximum atomic E-state index is 11.6. The number of aromatic nitrogens is 1. The van der Waals surface area contributed by atoms with E-state index in [-0.39, 0.29) is 6.09 Å². The smallest absolute Gasteiger partial charge is 0.410 e. The van der Waals surface area contributed by atoms with E-state index in [9.17, 15) is 4.79 Å². The summed E-state index contributed by atoms with van der Waals surface area (Å²) in [5, 5.41) is 0. The van der Waals surface area contributed by atoms with E-state index in [1.165, 1.54) is 0 Å². The fourth-order valence-electron chi connectivity index (χ4n) is 1.32. The molecule has 5 heteroatoms. The highest BCUT2D eigenvalue weighted by Gasteiger charge is 2.18. The Hall–Kier alpha value is -1.62. The van der Waals surface area contributed by atoms with E-state index in [4.69, 9.17) is 9.47 Å². The van der Waals surface area contributed by atoms with Gasteiger partial charge in [-0.15, -0.1) is 0 Å². The van der Waals surface area contributed by atoms with Crippen LogP contribution in [0.15, 0.2) is 24.5 Å². The first-order chi connectivity index (χ1) is 7.36. The zero-order valence-corrected chi connectivity index (χ0v) is 8.26. The predicted molar refractivity (Wildman–Crippen MR) is 52.7 cm³/mol. The lowest BCUT2D eigenvalue weighted by Gasteiger charge is -2.25. The summed E-state index contributed by atoms with van der Waals surface area (Å²) in [5.41, 5.74) is 0. The Balaban J connectivity index is 1.91. The van der Waals surface area contributed by atoms with Crippen molar-refractivity contribution >= 4 is 6.09 Å². The van der Waals surface area contributed by atoms with Crippen LogP contribution in [0.2, 0.25) is 0 Å². The Labute approximate surface area is 87.6 Å². The van der Waals surface area contributed by atoms with Gasteiger partial charge in [0, 0.05) is 25.5 Å². The molecule has 0 atom stereocenters. The van der Waals surface area contributed by atoms with E-state index in [1.54, 1.807) is 29.4 Å². The zero-order valence-electron chi connectivity index (χ0n) is 8.26. The van der Waals surface area contributed by atoms with Crippen LogP contribution in [0.5, 0.6) is 5.75 Å². The zero-order chi connectivity index (χ0) is 10.5. The van der Waals surface area contributed by atoms with Gasteiger partial charge in [0.25, 0.3) is 0 Å². The Morgan fingerprint density at radius 1 is 1.33 bits per heavy atom. The van der Waals surface area contributed by atoms with Gasteiger partial charge in [0.2, 0.25) is 0 Å². The highest BCUT2D eigenvalue weighted by atomic mass is 16.6. The molecule has 1 amide bonds. The summed E-state index contributed by atoms with van der Waals surface area (Å²) in [7, 11) is 0. The number of carbonyl (C=O) groups is 1. The number of rotatable bonds is 1. The molecule has 0 saturated carbocycles. The molecule has 1 aromatic heterocycles. The van der Waals surface area contributed by atoms with E-state index in [0.29, 0.717) is 32.1 Å². The van der Waals surface area contributed by atoms with Gasteiger partial charge in [-0.2, -0.15) is 0 Å². The summed E-state index contributed by atoms with van der Waals surface area (Å²) in [5.74, 6) is 0.515. The molecule has 1 saturated heterocycles. The van der Waals surface area contributed by atoms with Gasteiger partial charge in [-0.1, -0.05) is 0 Å². The largest absolute Gasteiger partial charge is 0.415 e. The number of amides is 1. The molecule has 2 rings (SSSR count). The molecule has 1 fully saturated rings. The van der Waals surface area contributed by atoms with Crippen molar-refractivity contribution in [3.8, 4) is 5.75 Å². The first-order valence-corrected chi connectivity index (χ1v) is 4.81. The van der Waals surface area contributed by atoms with Crippen LogP contribution in [0.1, 0.15) is 0 Å². The monoisotopic (exact) mass is 208 g/mol. The number of ether oxygens (including phenoxy) is 2. The molecule has 2 heterocycles. The predicted octanol–water partition coefficient (Wildman–Crippen LogP) is 0.913. The molecule has 1 aromatic rings. The van der Waals surface area contributed by atoms with E-state index >= 15 is 0 Å². The van der Waals surface area contributed by atoms with Gasteiger partial charge in [-0.05, 0) is 12.1 Å². The van der Waals surface area contributed by atoms with Crippen molar-refractivity contribution in [2.75, 3.05) is 26.3 Å². The summed E-state index contributed by atoms with van der Waals surface area (Å²) < 4.78 is 10.3. The van der Waals surface area contributed by atoms with Crippen molar-refractivity contribution < 1.29 is 14.3 Å². The number of pyridine rings is 1. The highest BCUT2D eigenvalue weighted by Crippen LogP contribution is 2.09. The SMILES string of the molecule is O=C(Oc1ccncc1)N1CCOCC1. The number of carbonyl (C=O) groups excluding carboxylic acids is 1. The molecule has 0 radical (unpaired) electrons. The minimum atomic E-state index is -0.329. The molecule has 0 aromatic carbocycles. The van der Waals surface area contributed by atoms with Crippen molar-refractivity contribution in [3.63, 3.8) is 0 Å². The van der Waals surface area contributed by atoms with Crippen LogP contribution >= 0.6 is 0 Å². The second kappa shape index (κ2) is 4.75. The second-order valence-electron chi connectivity index (χ2n) is 3.15. The summed E-state index contributed by atoms with van der Waals surface area (Å²) in [6, 6.07) is 3.30. The van der Waals surface area contributed by atoms with Crippen LogP contribution in [-0.4, -0.2) is 42.3 Å². The Bertz CT molecular complexity index is 323. The summed E-state index contributed by atoms with van der Waals surface area (Å²) >= 11 is 0. The standard InChI is InChI=1S/C10H12N2O3/c13-10(12-5-7-14-8-6-12)15-9-1-3-11-4-2-9/h1-4H,5-8H2. The van der Waals surface area contributed by atoms with Gasteiger partial charge < -0.3 is 14.4 Å². The molecular weight excluding hydrogens is 196 g/mol. The third-order valence-corrected chi connectivity index (χ3v) is 2.12. The quantitative estimate of drug-likeness (QED) is 0.688. The van der Waals surface area contributed by atoms with E-state index in [0.717, 1.165) is 0 Å². The lowest BCUT2D eigenvalue weighted by molar-refractivity contribution is 0.0416. The lowest BCUT2D eigenvalue weighted by Crippen LogP contribution is -2.42. The average molecular weight is 208 g/mol. The van der Waals surface area contributed by atoms with Crippen LogP contribution in [0, 0.1) is 0 Å². The Morgan fingerprint density at radius 2 is 2.00 bits per heavy atom. The number of morpholine rings is 1. The molecule has 5 nitrogen and oxygen atoms in total. The third kappa shape index (κ3) is 2.66. The molecule has 15 heavy (non-hydrogen) atoms. The van der Waals surface area contributed by atoms with Crippen LogP contribution in [-0.2, 0) is 4.74 Å². The van der Waals surface area contributed by atoms with Crippen molar-refractivity contribution in [2.24, 2.45) is 0 Å². The molecule has 0 spiro atoms. The van der Waals surface area contributed by atoms with Crippen molar-refractivity contribution in [3.05, 3.63) is 24.5 Å². The molecule has 0 unspecified atom stereocenters. The van der Waals surface area contributed by atoms with Crippen LogP contribution in [0.3, 0.4) is 0 Å². The van der Waals surface area contributed by atoms with Crippen molar-refractivity contribution in [2.45, 2.75) is 0 Å². The van der Waals surface area contributed by atoms with E-state index in [1.807, 2.05) is 0 Å². The topological polar surface area (TPSA) is 51.7 Å². The lowest BCUT2D eigenvalue weighted by atomic mass is 10.4. The van der Waals surface area contributed by atoms with Crippen molar-refractivity contribution in [1.29, 1.82) is 0 Å². The van der Waals surface area contributed by atoms with Gasteiger partial charge in [0.1, 0.15) is 5.75 Å². The number of nitrogens with zero attached hydrogens (tertiary/aromatic N) is 2. The van der Waals surface area contributed by atoms with Gasteiger partial charge in [-0.25, -0.2) is 4.79 Å². The third-order valence-electron chi connectivity index (χ3n) is 2.12. The van der Waals surface area contributed by atoms with Crippen LogP contribution < -0.4 is 4.74 Å². The van der Waals surface area contributed by atoms with Crippen LogP contribution in [0.4, 0.5) is 4.79 Å². The van der Waals surface area contributed by atoms with Crippen molar-refractivity contribution in [1.82, 2.24) is 9.88 Å². The van der Waals surface area contributed by atoms with Gasteiger partial charge in [0.05, 0.1) is 13.2 Å². The summed E-state index contributed by atoms with van der Waals surface area (Å²) in [6.07, 6.45) is 2.84. The van der Waals surface area contributed by atoms with Crippen LogP contribution in [0.25, 0.3) is 0 Å². The molecule has 1 aliphatic rings. The molecular formula is C10H12N2O3. The summed E-state index contributed by atoms with van der Waals surface area (Å²) in [4.78, 5) is 17.1. The minimum Gasteiger partial charge on any atom is -0.410 e. The minimum absolute atomic E-state index is 0.329. The normalized spacial score (nSPS) is 16.1. The Kier molecular flexibility index (Phi) is 3.14. The molecule has 1 aliphatic heterocycles. The molecule has 80 valence electrons. The first kappa shape index (κ1) is 9.92.